The molecule has 0 atom stereocenters. The SMILES string of the molecule is c1ccc(-c2ccc(-c3c4ccccc4c(-c4ccc(-c5ccccn5)cc4)c4cc5c(cc34)-c3cccc4cccc-5c34)cc2)nc1. The second-order valence-electron chi connectivity index (χ2n) is 12.5. The van der Waals surface area contributed by atoms with Crippen molar-refractivity contribution in [1.29, 1.82) is 0 Å². The lowest BCUT2D eigenvalue weighted by molar-refractivity contribution is 1.33. The van der Waals surface area contributed by atoms with Gasteiger partial charge in [-0.05, 0) is 113 Å². The van der Waals surface area contributed by atoms with Crippen molar-refractivity contribution in [3.63, 3.8) is 0 Å². The number of fused-ring (bicyclic) bond motifs is 5. The Morgan fingerprint density at radius 1 is 0.312 bits per heavy atom. The fraction of sp³-hybridized carbons (Fsp3) is 0. The average molecular weight is 609 g/mol. The van der Waals surface area contributed by atoms with E-state index in [2.05, 4.69) is 143 Å². The van der Waals surface area contributed by atoms with Crippen molar-refractivity contribution in [2.24, 2.45) is 0 Å². The molecule has 2 heterocycles. The Bertz CT molecular complexity index is 2490. The van der Waals surface area contributed by atoms with Crippen molar-refractivity contribution in [3.8, 4) is 67.0 Å². The summed E-state index contributed by atoms with van der Waals surface area (Å²) < 4.78 is 0. The fourth-order valence-corrected chi connectivity index (χ4v) is 7.76. The first-order valence-corrected chi connectivity index (χ1v) is 16.4. The summed E-state index contributed by atoms with van der Waals surface area (Å²) in [5.74, 6) is 0. The van der Waals surface area contributed by atoms with Crippen molar-refractivity contribution in [1.82, 2.24) is 9.97 Å². The second kappa shape index (κ2) is 10.6. The van der Waals surface area contributed by atoms with Gasteiger partial charge in [-0.2, -0.15) is 0 Å². The lowest BCUT2D eigenvalue weighted by atomic mass is 9.83. The number of rotatable bonds is 4. The van der Waals surface area contributed by atoms with E-state index in [1.165, 1.54) is 76.8 Å². The van der Waals surface area contributed by atoms with Crippen LogP contribution in [-0.2, 0) is 0 Å². The van der Waals surface area contributed by atoms with Gasteiger partial charge in [-0.25, -0.2) is 0 Å². The van der Waals surface area contributed by atoms with E-state index in [0.29, 0.717) is 0 Å². The van der Waals surface area contributed by atoms with E-state index >= 15 is 0 Å². The molecule has 48 heavy (non-hydrogen) atoms. The number of benzene rings is 7. The molecule has 0 aliphatic heterocycles. The molecule has 0 bridgehead atoms. The molecule has 0 spiro atoms. The molecule has 7 aromatic carbocycles. The Morgan fingerprint density at radius 3 is 1.19 bits per heavy atom. The zero-order chi connectivity index (χ0) is 31.6. The Morgan fingerprint density at radius 2 is 0.750 bits per heavy atom. The highest BCUT2D eigenvalue weighted by atomic mass is 14.7. The van der Waals surface area contributed by atoms with E-state index in [1.54, 1.807) is 0 Å². The highest BCUT2D eigenvalue weighted by molar-refractivity contribution is 6.25. The van der Waals surface area contributed by atoms with Crippen molar-refractivity contribution in [3.05, 3.63) is 170 Å². The van der Waals surface area contributed by atoms with Gasteiger partial charge in [0.25, 0.3) is 0 Å². The van der Waals surface area contributed by atoms with Gasteiger partial charge in [0, 0.05) is 23.5 Å². The summed E-state index contributed by atoms with van der Waals surface area (Å²) in [6.45, 7) is 0. The molecule has 2 nitrogen and oxygen atoms in total. The molecule has 0 radical (unpaired) electrons. The zero-order valence-electron chi connectivity index (χ0n) is 26.1. The number of nitrogens with zero attached hydrogens (tertiary/aromatic N) is 2. The highest BCUT2D eigenvalue weighted by Gasteiger charge is 2.25. The Labute approximate surface area is 278 Å². The third-order valence-electron chi connectivity index (χ3n) is 9.92. The first-order valence-electron chi connectivity index (χ1n) is 16.4. The third kappa shape index (κ3) is 4.06. The van der Waals surface area contributed by atoms with Crippen LogP contribution in [0.25, 0.3) is 99.3 Å². The van der Waals surface area contributed by atoms with Gasteiger partial charge < -0.3 is 0 Å². The number of hydrogen-bond donors (Lipinski definition) is 0. The fourth-order valence-electron chi connectivity index (χ4n) is 7.76. The van der Waals surface area contributed by atoms with Crippen LogP contribution in [-0.4, -0.2) is 9.97 Å². The molecule has 0 N–H and O–H groups in total. The molecule has 0 saturated heterocycles. The lowest BCUT2D eigenvalue weighted by Crippen LogP contribution is -1.93. The summed E-state index contributed by atoms with van der Waals surface area (Å²) in [7, 11) is 0. The van der Waals surface area contributed by atoms with Crippen LogP contribution in [0.2, 0.25) is 0 Å². The average Bonchev–Trinajstić information content (AvgIpc) is 3.48. The lowest BCUT2D eigenvalue weighted by Gasteiger charge is -2.20. The van der Waals surface area contributed by atoms with Gasteiger partial charge in [-0.3, -0.25) is 9.97 Å². The molecule has 0 unspecified atom stereocenters. The van der Waals surface area contributed by atoms with E-state index in [0.717, 1.165) is 22.5 Å². The minimum atomic E-state index is 0.979. The van der Waals surface area contributed by atoms with Gasteiger partial charge in [0.2, 0.25) is 0 Å². The molecular weight excluding hydrogens is 581 g/mol. The van der Waals surface area contributed by atoms with Crippen LogP contribution >= 0.6 is 0 Å². The van der Waals surface area contributed by atoms with Gasteiger partial charge in [0.1, 0.15) is 0 Å². The molecule has 2 heteroatoms. The molecule has 0 fully saturated rings. The maximum atomic E-state index is 4.60. The van der Waals surface area contributed by atoms with Crippen LogP contribution in [0.3, 0.4) is 0 Å². The second-order valence-corrected chi connectivity index (χ2v) is 12.5. The Hall–Kier alpha value is -6.38. The van der Waals surface area contributed by atoms with Crippen molar-refractivity contribution in [2.75, 3.05) is 0 Å². The van der Waals surface area contributed by atoms with Crippen molar-refractivity contribution in [2.45, 2.75) is 0 Å². The summed E-state index contributed by atoms with van der Waals surface area (Å²) >= 11 is 0. The normalized spacial score (nSPS) is 11.8. The van der Waals surface area contributed by atoms with Crippen molar-refractivity contribution < 1.29 is 0 Å². The highest BCUT2D eigenvalue weighted by Crippen LogP contribution is 2.52. The molecule has 0 amide bonds. The molecular formula is C46H28N2. The molecule has 1 aliphatic carbocycles. The topological polar surface area (TPSA) is 25.8 Å². The van der Waals surface area contributed by atoms with Crippen LogP contribution in [0.4, 0.5) is 0 Å². The molecule has 9 aromatic rings. The first kappa shape index (κ1) is 26.8. The molecule has 1 aliphatic rings. The van der Waals surface area contributed by atoms with E-state index in [-0.39, 0.29) is 0 Å². The third-order valence-corrected chi connectivity index (χ3v) is 9.92. The summed E-state index contributed by atoms with van der Waals surface area (Å²) in [4.78, 5) is 9.19. The van der Waals surface area contributed by atoms with E-state index in [4.69, 9.17) is 0 Å². The van der Waals surface area contributed by atoms with Crippen LogP contribution in [0, 0.1) is 0 Å². The van der Waals surface area contributed by atoms with E-state index in [1.807, 2.05) is 36.7 Å². The van der Waals surface area contributed by atoms with Crippen LogP contribution in [0.1, 0.15) is 0 Å². The molecule has 222 valence electrons. The number of hydrogen-bond acceptors (Lipinski definition) is 2. The summed E-state index contributed by atoms with van der Waals surface area (Å²) in [5.41, 5.74) is 14.3. The number of aromatic nitrogens is 2. The first-order chi connectivity index (χ1) is 23.8. The minimum absolute atomic E-state index is 0.979. The van der Waals surface area contributed by atoms with E-state index in [9.17, 15) is 0 Å². The summed E-state index contributed by atoms with van der Waals surface area (Å²) in [6.07, 6.45) is 3.70. The van der Waals surface area contributed by atoms with Gasteiger partial charge in [-0.15, -0.1) is 0 Å². The Kier molecular flexibility index (Phi) is 5.91. The number of pyridine rings is 2. The van der Waals surface area contributed by atoms with E-state index < -0.39 is 0 Å². The molecule has 10 rings (SSSR count). The van der Waals surface area contributed by atoms with Gasteiger partial charge in [0.05, 0.1) is 11.4 Å². The van der Waals surface area contributed by atoms with Gasteiger partial charge in [0.15, 0.2) is 0 Å². The maximum Gasteiger partial charge on any atom is 0.0701 e. The predicted octanol–water partition coefficient (Wildman–Crippen LogP) is 12.3. The summed E-state index contributed by atoms with van der Waals surface area (Å²) in [5, 5.41) is 7.63. The standard InChI is InChI=1S/C46H28N2/c1-2-12-35-34(11-1)45(32-21-17-29(18-22-32)42-15-3-5-25-47-42)40-27-38-36-13-7-9-31-10-8-14-37(44(31)36)39(38)28-41(40)46(35)33-23-19-30(20-24-33)43-16-4-6-26-48-43/h1-28H. The monoisotopic (exact) mass is 608 g/mol. The summed E-state index contributed by atoms with van der Waals surface area (Å²) in [6, 6.07) is 57.2. The smallest absolute Gasteiger partial charge is 0.0701 e. The van der Waals surface area contributed by atoms with Crippen molar-refractivity contribution >= 4 is 32.3 Å². The van der Waals surface area contributed by atoms with Gasteiger partial charge >= 0.3 is 0 Å². The minimum Gasteiger partial charge on any atom is -0.256 e. The molecule has 2 aromatic heterocycles. The predicted molar refractivity (Wildman–Crippen MR) is 201 cm³/mol. The largest absolute Gasteiger partial charge is 0.256 e. The quantitative estimate of drug-likeness (QED) is 0.186. The van der Waals surface area contributed by atoms with Crippen LogP contribution < -0.4 is 0 Å². The van der Waals surface area contributed by atoms with Crippen LogP contribution in [0.5, 0.6) is 0 Å². The van der Waals surface area contributed by atoms with Crippen LogP contribution in [0.15, 0.2) is 170 Å². The molecule has 0 saturated carbocycles. The maximum absolute atomic E-state index is 4.60. The van der Waals surface area contributed by atoms with Gasteiger partial charge in [-0.1, -0.05) is 121 Å². The Balaban J connectivity index is 1.28. The zero-order valence-corrected chi connectivity index (χ0v) is 26.1.